The average Bonchev–Trinajstić information content (AvgIpc) is 2.34. The van der Waals surface area contributed by atoms with Gasteiger partial charge in [-0.3, -0.25) is 10.1 Å². The van der Waals surface area contributed by atoms with Crippen LogP contribution in [0.4, 0.5) is 16.4 Å². The Hall–Kier alpha value is -2.03. The van der Waals surface area contributed by atoms with Crippen molar-refractivity contribution in [3.8, 4) is 0 Å². The highest BCUT2D eigenvalue weighted by atomic mass is 32.2. The Morgan fingerprint density at radius 3 is 2.48 bits per heavy atom. The van der Waals surface area contributed by atoms with E-state index in [1.807, 2.05) is 0 Å². The summed E-state index contributed by atoms with van der Waals surface area (Å²) >= 11 is 1.05. The van der Waals surface area contributed by atoms with Crippen molar-refractivity contribution < 1.29 is 9.59 Å². The summed E-state index contributed by atoms with van der Waals surface area (Å²) in [6.45, 7) is 4.63. The van der Waals surface area contributed by atoms with E-state index in [9.17, 15) is 9.59 Å². The first-order valence-electron chi connectivity index (χ1n) is 6.47. The van der Waals surface area contributed by atoms with Crippen molar-refractivity contribution >= 4 is 35.3 Å². The summed E-state index contributed by atoms with van der Waals surface area (Å²) in [5.74, 6) is 0.517. The van der Waals surface area contributed by atoms with Crippen molar-refractivity contribution in [2.24, 2.45) is 5.92 Å². The molecule has 0 aliphatic heterocycles. The maximum atomic E-state index is 11.6. The van der Waals surface area contributed by atoms with E-state index < -0.39 is 11.9 Å². The van der Waals surface area contributed by atoms with E-state index in [1.54, 1.807) is 0 Å². The van der Waals surface area contributed by atoms with Gasteiger partial charge in [0.2, 0.25) is 5.91 Å². The number of aromatic nitrogens is 2. The van der Waals surface area contributed by atoms with Crippen LogP contribution in [0.5, 0.6) is 0 Å². The third kappa shape index (κ3) is 7.35. The number of thioether (sulfide) groups is 1. The number of hydrogen-bond acceptors (Lipinski definition) is 7. The van der Waals surface area contributed by atoms with Gasteiger partial charge in [0, 0.05) is 12.6 Å². The molecule has 9 heteroatoms. The maximum absolute atomic E-state index is 11.6. The average molecular weight is 312 g/mol. The summed E-state index contributed by atoms with van der Waals surface area (Å²) in [5, 5.41) is 5.13. The summed E-state index contributed by atoms with van der Waals surface area (Å²) < 4.78 is 0. The second-order valence-electron chi connectivity index (χ2n) is 4.78. The summed E-state index contributed by atoms with van der Waals surface area (Å²) in [5.41, 5.74) is 11.0. The molecule has 8 nitrogen and oxygen atoms in total. The quantitative estimate of drug-likeness (QED) is 0.446. The number of carbonyl (C=O) groups excluding carboxylic acids is 2. The molecule has 1 aromatic heterocycles. The van der Waals surface area contributed by atoms with Crippen LogP contribution < -0.4 is 22.1 Å². The van der Waals surface area contributed by atoms with Crippen LogP contribution in [0.3, 0.4) is 0 Å². The van der Waals surface area contributed by atoms with Crippen LogP contribution in [0, 0.1) is 5.92 Å². The molecule has 0 saturated heterocycles. The molecule has 3 amide bonds. The fourth-order valence-corrected chi connectivity index (χ4v) is 2.01. The number of carbonyl (C=O) groups is 2. The summed E-state index contributed by atoms with van der Waals surface area (Å²) in [6, 6.07) is 0.918. The lowest BCUT2D eigenvalue weighted by Gasteiger charge is -2.08. The number of nitrogens with two attached hydrogens (primary N) is 2. The molecule has 0 fully saturated rings. The number of nitrogens with one attached hydrogen (secondary N) is 2. The lowest BCUT2D eigenvalue weighted by molar-refractivity contribution is -0.117. The molecule has 0 atom stereocenters. The molecule has 0 radical (unpaired) electrons. The molecule has 21 heavy (non-hydrogen) atoms. The first-order valence-corrected chi connectivity index (χ1v) is 7.46. The van der Waals surface area contributed by atoms with Crippen LogP contribution in [0.15, 0.2) is 11.2 Å². The van der Waals surface area contributed by atoms with Gasteiger partial charge in [0.1, 0.15) is 11.6 Å². The Balaban J connectivity index is 2.32. The molecule has 0 spiro atoms. The Labute approximate surface area is 127 Å². The third-order valence-corrected chi connectivity index (χ3v) is 3.19. The van der Waals surface area contributed by atoms with Gasteiger partial charge in [-0.1, -0.05) is 25.6 Å². The third-order valence-electron chi connectivity index (χ3n) is 2.34. The van der Waals surface area contributed by atoms with Crippen molar-refractivity contribution in [1.29, 1.82) is 0 Å². The van der Waals surface area contributed by atoms with E-state index in [-0.39, 0.29) is 17.4 Å². The molecular formula is C12H20N6O2S. The van der Waals surface area contributed by atoms with Crippen LogP contribution in [-0.4, -0.2) is 34.2 Å². The van der Waals surface area contributed by atoms with Gasteiger partial charge >= 0.3 is 6.03 Å². The highest BCUT2D eigenvalue weighted by molar-refractivity contribution is 7.99. The van der Waals surface area contributed by atoms with Gasteiger partial charge in [-0.2, -0.15) is 0 Å². The molecule has 0 aromatic carbocycles. The number of urea groups is 1. The Kier molecular flexibility index (Phi) is 6.73. The number of nitrogen functional groups attached to an aromatic ring is 2. The summed E-state index contributed by atoms with van der Waals surface area (Å²) in [7, 11) is 0. The minimum Gasteiger partial charge on any atom is -0.383 e. The van der Waals surface area contributed by atoms with Gasteiger partial charge < -0.3 is 16.8 Å². The maximum Gasteiger partial charge on any atom is 0.321 e. The van der Waals surface area contributed by atoms with Gasteiger partial charge in [0.05, 0.1) is 5.75 Å². The number of amides is 3. The second-order valence-corrected chi connectivity index (χ2v) is 5.72. The van der Waals surface area contributed by atoms with Crippen LogP contribution >= 0.6 is 11.8 Å². The Morgan fingerprint density at radius 1 is 1.29 bits per heavy atom. The smallest absolute Gasteiger partial charge is 0.321 e. The van der Waals surface area contributed by atoms with Crippen LogP contribution in [-0.2, 0) is 4.79 Å². The largest absolute Gasteiger partial charge is 0.383 e. The van der Waals surface area contributed by atoms with Crippen LogP contribution in [0.1, 0.15) is 20.3 Å². The molecule has 1 aromatic rings. The molecule has 0 aliphatic rings. The van der Waals surface area contributed by atoms with Crippen molar-refractivity contribution in [1.82, 2.24) is 20.6 Å². The molecule has 0 aliphatic carbocycles. The van der Waals surface area contributed by atoms with Gasteiger partial charge in [-0.15, -0.1) is 0 Å². The lowest BCUT2D eigenvalue weighted by Crippen LogP contribution is -2.40. The topological polar surface area (TPSA) is 136 Å². The highest BCUT2D eigenvalue weighted by Gasteiger charge is 2.10. The molecule has 0 unspecified atom stereocenters. The zero-order valence-corrected chi connectivity index (χ0v) is 12.9. The standard InChI is InChI=1S/C12H20N6O2S/c1-7(2)3-4-15-11(20)18-10(19)6-21-12-16-8(13)5-9(14)17-12/h5,7H,3-4,6H2,1-2H3,(H4,13,14,16,17)(H2,15,18,19,20). The van der Waals surface area contributed by atoms with Crippen molar-refractivity contribution in [3.05, 3.63) is 6.07 Å². The normalized spacial score (nSPS) is 10.4. The monoisotopic (exact) mass is 312 g/mol. The number of rotatable bonds is 6. The SMILES string of the molecule is CC(C)CCNC(=O)NC(=O)CSc1nc(N)cc(N)n1. The van der Waals surface area contributed by atoms with Gasteiger partial charge in [0.15, 0.2) is 5.16 Å². The lowest BCUT2D eigenvalue weighted by atomic mass is 10.1. The first-order chi connectivity index (χ1) is 9.86. The van der Waals surface area contributed by atoms with E-state index in [2.05, 4.69) is 34.4 Å². The zero-order valence-electron chi connectivity index (χ0n) is 12.0. The fraction of sp³-hybridized carbons (Fsp3) is 0.500. The van der Waals surface area contributed by atoms with Crippen molar-refractivity contribution in [3.63, 3.8) is 0 Å². The molecule has 6 N–H and O–H groups in total. The van der Waals surface area contributed by atoms with E-state index >= 15 is 0 Å². The predicted molar refractivity (Wildman–Crippen MR) is 82.6 cm³/mol. The van der Waals surface area contributed by atoms with Gasteiger partial charge in [-0.25, -0.2) is 14.8 Å². The van der Waals surface area contributed by atoms with Crippen molar-refractivity contribution in [2.75, 3.05) is 23.8 Å². The summed E-state index contributed by atoms with van der Waals surface area (Å²) in [6.07, 6.45) is 0.854. The number of anilines is 2. The van der Waals surface area contributed by atoms with E-state index in [0.717, 1.165) is 18.2 Å². The van der Waals surface area contributed by atoms with Crippen LogP contribution in [0.2, 0.25) is 0 Å². The molecule has 0 bridgehead atoms. The number of hydrogen-bond donors (Lipinski definition) is 4. The molecule has 116 valence electrons. The van der Waals surface area contributed by atoms with Gasteiger partial charge in [0.25, 0.3) is 0 Å². The molecule has 1 rings (SSSR count). The number of imide groups is 1. The molecular weight excluding hydrogens is 292 g/mol. The molecule has 0 saturated carbocycles. The minimum absolute atomic E-state index is 0.000490. The van der Waals surface area contributed by atoms with E-state index in [1.165, 1.54) is 6.07 Å². The minimum atomic E-state index is -0.505. The first kappa shape index (κ1) is 17.0. The Morgan fingerprint density at radius 2 is 1.90 bits per heavy atom. The van der Waals surface area contributed by atoms with Crippen LogP contribution in [0.25, 0.3) is 0 Å². The fourth-order valence-electron chi connectivity index (χ4n) is 1.34. The summed E-state index contributed by atoms with van der Waals surface area (Å²) in [4.78, 5) is 30.9. The second kappa shape index (κ2) is 8.30. The molecule has 1 heterocycles. The predicted octanol–water partition coefficient (Wildman–Crippen LogP) is 0.605. The van der Waals surface area contributed by atoms with Gasteiger partial charge in [-0.05, 0) is 12.3 Å². The Bertz CT molecular complexity index is 488. The number of nitrogens with zero attached hydrogens (tertiary/aromatic N) is 2. The highest BCUT2D eigenvalue weighted by Crippen LogP contribution is 2.15. The zero-order chi connectivity index (χ0) is 15.8. The van der Waals surface area contributed by atoms with E-state index in [0.29, 0.717) is 17.6 Å². The van der Waals surface area contributed by atoms with E-state index in [4.69, 9.17) is 11.5 Å². The van der Waals surface area contributed by atoms with Crippen molar-refractivity contribution in [2.45, 2.75) is 25.4 Å².